The van der Waals surface area contributed by atoms with E-state index >= 15 is 0 Å². The Bertz CT molecular complexity index is 732. The molecule has 11 heteroatoms. The molecule has 0 aromatic heterocycles. The average Bonchev–Trinajstić information content (AvgIpc) is 2.50. The first kappa shape index (κ1) is 18.8. The number of benzene rings is 1. The number of sulfonamides is 1. The fourth-order valence-electron chi connectivity index (χ4n) is 2.13. The highest BCUT2D eigenvalue weighted by Gasteiger charge is 2.34. The summed E-state index contributed by atoms with van der Waals surface area (Å²) in [6, 6.07) is 0.857. The number of nitro groups is 2. The van der Waals surface area contributed by atoms with Crippen LogP contribution in [0.5, 0.6) is 0 Å². The van der Waals surface area contributed by atoms with Crippen molar-refractivity contribution in [1.29, 1.82) is 0 Å². The van der Waals surface area contributed by atoms with Crippen LogP contribution in [0.4, 0.5) is 17.1 Å². The molecule has 0 spiro atoms. The highest BCUT2D eigenvalue weighted by atomic mass is 32.2. The Hall–Kier alpha value is -2.27. The van der Waals surface area contributed by atoms with E-state index in [9.17, 15) is 28.6 Å². The molecule has 0 aliphatic carbocycles. The van der Waals surface area contributed by atoms with Crippen LogP contribution in [0.3, 0.4) is 0 Å². The Morgan fingerprint density at radius 3 is 2.17 bits per heavy atom. The van der Waals surface area contributed by atoms with Gasteiger partial charge in [-0.05, 0) is 19.9 Å². The topological polar surface area (TPSA) is 144 Å². The minimum atomic E-state index is -4.12. The minimum Gasteiger partial charge on any atom is -0.378 e. The SMILES string of the molecule is CCCNc1c(S(=O)(=O)NC)cc([N+](=O)[O-])c(CC)c1[N+](=O)[O-]. The summed E-state index contributed by atoms with van der Waals surface area (Å²) < 4.78 is 26.3. The van der Waals surface area contributed by atoms with Crippen molar-refractivity contribution in [1.82, 2.24) is 4.72 Å². The van der Waals surface area contributed by atoms with Crippen LogP contribution in [0.25, 0.3) is 0 Å². The molecule has 128 valence electrons. The lowest BCUT2D eigenvalue weighted by molar-refractivity contribution is -0.395. The molecule has 2 N–H and O–H groups in total. The summed E-state index contributed by atoms with van der Waals surface area (Å²) in [6.07, 6.45) is 0.613. The molecule has 0 saturated carbocycles. The zero-order valence-electron chi connectivity index (χ0n) is 13.0. The maximum Gasteiger partial charge on any atom is 0.303 e. The van der Waals surface area contributed by atoms with Gasteiger partial charge in [-0.15, -0.1) is 0 Å². The van der Waals surface area contributed by atoms with E-state index in [1.54, 1.807) is 6.92 Å². The van der Waals surface area contributed by atoms with Gasteiger partial charge in [0.1, 0.15) is 16.1 Å². The number of anilines is 1. The first-order valence-electron chi connectivity index (χ1n) is 6.87. The second-order valence-electron chi connectivity index (χ2n) is 4.60. The van der Waals surface area contributed by atoms with E-state index in [1.165, 1.54) is 6.92 Å². The first-order chi connectivity index (χ1) is 10.7. The van der Waals surface area contributed by atoms with Gasteiger partial charge in [-0.1, -0.05) is 13.8 Å². The molecule has 0 heterocycles. The molecule has 0 fully saturated rings. The third-order valence-corrected chi connectivity index (χ3v) is 4.63. The van der Waals surface area contributed by atoms with Gasteiger partial charge in [-0.2, -0.15) is 0 Å². The van der Waals surface area contributed by atoms with E-state index in [0.717, 1.165) is 13.1 Å². The smallest absolute Gasteiger partial charge is 0.303 e. The molecule has 23 heavy (non-hydrogen) atoms. The van der Waals surface area contributed by atoms with E-state index < -0.39 is 36.1 Å². The van der Waals surface area contributed by atoms with Crippen molar-refractivity contribution < 1.29 is 18.3 Å². The van der Waals surface area contributed by atoms with Gasteiger partial charge in [0.15, 0.2) is 0 Å². The Morgan fingerprint density at radius 2 is 1.78 bits per heavy atom. The summed E-state index contributed by atoms with van der Waals surface area (Å²) >= 11 is 0. The van der Waals surface area contributed by atoms with Crippen molar-refractivity contribution in [3.63, 3.8) is 0 Å². The quantitative estimate of drug-likeness (QED) is 0.539. The number of nitrogens with zero attached hydrogens (tertiary/aromatic N) is 2. The third kappa shape index (κ3) is 3.74. The molecule has 10 nitrogen and oxygen atoms in total. The molecule has 0 saturated heterocycles. The number of nitrogens with one attached hydrogen (secondary N) is 2. The molecule has 0 atom stereocenters. The van der Waals surface area contributed by atoms with Crippen LogP contribution in [0.2, 0.25) is 0 Å². The maximum atomic E-state index is 12.1. The molecule has 0 amide bonds. The average molecular weight is 346 g/mol. The fourth-order valence-corrected chi connectivity index (χ4v) is 3.05. The predicted molar refractivity (Wildman–Crippen MR) is 84.2 cm³/mol. The zero-order valence-corrected chi connectivity index (χ0v) is 13.8. The van der Waals surface area contributed by atoms with Crippen molar-refractivity contribution in [2.75, 3.05) is 18.9 Å². The van der Waals surface area contributed by atoms with Crippen molar-refractivity contribution >= 4 is 27.1 Å². The van der Waals surface area contributed by atoms with Crippen LogP contribution < -0.4 is 10.0 Å². The third-order valence-electron chi connectivity index (χ3n) is 3.19. The van der Waals surface area contributed by atoms with Crippen LogP contribution in [-0.2, 0) is 16.4 Å². The van der Waals surface area contributed by atoms with Gasteiger partial charge in [-0.3, -0.25) is 20.2 Å². The molecule has 0 aliphatic heterocycles. The van der Waals surface area contributed by atoms with Gasteiger partial charge in [0.05, 0.1) is 9.85 Å². The van der Waals surface area contributed by atoms with Gasteiger partial charge in [-0.25, -0.2) is 13.1 Å². The van der Waals surface area contributed by atoms with Crippen molar-refractivity contribution in [3.8, 4) is 0 Å². The largest absolute Gasteiger partial charge is 0.378 e. The molecule has 1 rings (SSSR count). The van der Waals surface area contributed by atoms with E-state index in [2.05, 4.69) is 5.32 Å². The van der Waals surface area contributed by atoms with Crippen LogP contribution >= 0.6 is 0 Å². The van der Waals surface area contributed by atoms with Gasteiger partial charge >= 0.3 is 5.69 Å². The lowest BCUT2D eigenvalue weighted by Crippen LogP contribution is -2.22. The maximum absolute atomic E-state index is 12.1. The highest BCUT2D eigenvalue weighted by molar-refractivity contribution is 7.89. The van der Waals surface area contributed by atoms with Crippen LogP contribution in [0.1, 0.15) is 25.8 Å². The molecule has 0 unspecified atom stereocenters. The molecular weight excluding hydrogens is 328 g/mol. The molecular formula is C12H18N4O6S. The second-order valence-corrected chi connectivity index (χ2v) is 6.45. The summed E-state index contributed by atoms with van der Waals surface area (Å²) in [5.74, 6) is 0. The fraction of sp³-hybridized carbons (Fsp3) is 0.500. The van der Waals surface area contributed by atoms with Crippen LogP contribution in [0.15, 0.2) is 11.0 Å². The summed E-state index contributed by atoms with van der Waals surface area (Å²) in [7, 11) is -2.99. The summed E-state index contributed by atoms with van der Waals surface area (Å²) in [4.78, 5) is 20.5. The Balaban J connectivity index is 3.94. The summed E-state index contributed by atoms with van der Waals surface area (Å²) in [5, 5.41) is 25.3. The van der Waals surface area contributed by atoms with Crippen molar-refractivity contribution in [3.05, 3.63) is 31.9 Å². The van der Waals surface area contributed by atoms with Gasteiger partial charge in [0, 0.05) is 12.6 Å². The standard InChI is InChI=1S/C12H18N4O6S/c1-4-6-14-11-10(23(21,22)13-3)7-9(15(17)18)8(5-2)12(11)16(19)20/h7,13-14H,4-6H2,1-3H3. The number of nitro benzene ring substituents is 2. The van der Waals surface area contributed by atoms with Crippen molar-refractivity contribution in [2.45, 2.75) is 31.6 Å². The number of hydrogen-bond donors (Lipinski definition) is 2. The van der Waals surface area contributed by atoms with Gasteiger partial charge in [0.2, 0.25) is 10.0 Å². The van der Waals surface area contributed by atoms with Gasteiger partial charge in [0.25, 0.3) is 5.69 Å². The number of hydrogen-bond acceptors (Lipinski definition) is 7. The van der Waals surface area contributed by atoms with E-state index in [1.807, 2.05) is 4.72 Å². The Morgan fingerprint density at radius 1 is 1.17 bits per heavy atom. The van der Waals surface area contributed by atoms with Crippen LogP contribution in [0, 0.1) is 20.2 Å². The van der Waals surface area contributed by atoms with Crippen LogP contribution in [-0.4, -0.2) is 31.9 Å². The molecule has 1 aromatic carbocycles. The summed E-state index contributed by atoms with van der Waals surface area (Å²) in [5.41, 5.74) is -1.51. The van der Waals surface area contributed by atoms with Gasteiger partial charge < -0.3 is 5.32 Å². The van der Waals surface area contributed by atoms with Crippen molar-refractivity contribution in [2.24, 2.45) is 0 Å². The molecule has 0 bridgehead atoms. The highest BCUT2D eigenvalue weighted by Crippen LogP contribution is 2.40. The zero-order chi connectivity index (χ0) is 17.8. The number of rotatable bonds is 8. The monoisotopic (exact) mass is 346 g/mol. The minimum absolute atomic E-state index is 0.0211. The Kier molecular flexibility index (Phi) is 5.98. The molecule has 1 aromatic rings. The second kappa shape index (κ2) is 7.33. The van der Waals surface area contributed by atoms with E-state index in [0.29, 0.717) is 6.42 Å². The van der Waals surface area contributed by atoms with E-state index in [-0.39, 0.29) is 24.2 Å². The molecule has 0 aliphatic rings. The molecule has 0 radical (unpaired) electrons. The normalized spacial score (nSPS) is 11.3. The summed E-state index contributed by atoms with van der Waals surface area (Å²) in [6.45, 7) is 3.62. The lowest BCUT2D eigenvalue weighted by Gasteiger charge is -2.14. The van der Waals surface area contributed by atoms with E-state index in [4.69, 9.17) is 0 Å². The Labute approximate surface area is 133 Å². The predicted octanol–water partition coefficient (Wildman–Crippen LogP) is 1.80. The lowest BCUT2D eigenvalue weighted by atomic mass is 10.1. The first-order valence-corrected chi connectivity index (χ1v) is 8.35.